The second-order valence-electron chi connectivity index (χ2n) is 10.7. The molecule has 2 aromatic carbocycles. The predicted molar refractivity (Wildman–Crippen MR) is 142 cm³/mol. The molecule has 0 aliphatic heterocycles. The Morgan fingerprint density at radius 1 is 0.781 bits per heavy atom. The number of benzene rings is 2. The molecule has 172 valence electrons. The molecule has 2 unspecified atom stereocenters. The minimum Gasteiger partial charge on any atom is -0.0651 e. The molecule has 2 aromatic rings. The zero-order valence-corrected chi connectivity index (χ0v) is 21.7. The SMILES string of the molecule is CC[C@@H](C)[C@@H](C)C(C)[C@@H](C)C(C)c1ccc(C)c(CC2=CC=C(c3ccc(C)cc3)C2)c1. The molecule has 5 atom stereocenters. The van der Waals surface area contributed by atoms with Crippen molar-refractivity contribution >= 4 is 5.57 Å². The molecule has 0 radical (unpaired) electrons. The van der Waals surface area contributed by atoms with E-state index in [2.05, 4.69) is 110 Å². The number of hydrogen-bond donors (Lipinski definition) is 0. The number of allylic oxidation sites excluding steroid dienone is 4. The predicted octanol–water partition coefficient (Wildman–Crippen LogP) is 9.32. The van der Waals surface area contributed by atoms with Gasteiger partial charge in [0, 0.05) is 0 Å². The maximum atomic E-state index is 2.50. The van der Waals surface area contributed by atoms with Crippen molar-refractivity contribution in [2.24, 2.45) is 23.7 Å². The quantitative estimate of drug-likeness (QED) is 0.373. The van der Waals surface area contributed by atoms with Crippen LogP contribution in [0.15, 0.2) is 60.2 Å². The van der Waals surface area contributed by atoms with Crippen LogP contribution in [0.25, 0.3) is 5.57 Å². The molecule has 0 spiro atoms. The molecule has 0 bridgehead atoms. The summed E-state index contributed by atoms with van der Waals surface area (Å²) in [5.74, 6) is 3.53. The Morgan fingerprint density at radius 3 is 2.12 bits per heavy atom. The monoisotopic (exact) mass is 428 g/mol. The summed E-state index contributed by atoms with van der Waals surface area (Å²) in [5.41, 5.74) is 10.1. The Bertz CT molecular complexity index is 956. The molecule has 0 nitrogen and oxygen atoms in total. The molecule has 32 heavy (non-hydrogen) atoms. The summed E-state index contributed by atoms with van der Waals surface area (Å²) in [6.07, 6.45) is 8.08. The molecular formula is C32H44. The van der Waals surface area contributed by atoms with E-state index in [1.807, 2.05) is 0 Å². The van der Waals surface area contributed by atoms with Gasteiger partial charge < -0.3 is 0 Å². The molecule has 1 aliphatic carbocycles. The summed E-state index contributed by atoms with van der Waals surface area (Å²) >= 11 is 0. The average molecular weight is 429 g/mol. The van der Waals surface area contributed by atoms with Gasteiger partial charge in [-0.05, 0) is 84.1 Å². The van der Waals surface area contributed by atoms with Crippen molar-refractivity contribution in [3.8, 4) is 0 Å². The van der Waals surface area contributed by atoms with E-state index in [-0.39, 0.29) is 0 Å². The lowest BCUT2D eigenvalue weighted by Gasteiger charge is -2.34. The van der Waals surface area contributed by atoms with Gasteiger partial charge in [-0.1, -0.05) is 114 Å². The van der Waals surface area contributed by atoms with Crippen molar-refractivity contribution in [1.82, 2.24) is 0 Å². The van der Waals surface area contributed by atoms with Crippen LogP contribution in [0.3, 0.4) is 0 Å². The van der Waals surface area contributed by atoms with E-state index in [1.165, 1.54) is 45.4 Å². The van der Waals surface area contributed by atoms with Gasteiger partial charge in [-0.15, -0.1) is 0 Å². The van der Waals surface area contributed by atoms with Crippen molar-refractivity contribution in [2.45, 2.75) is 80.6 Å². The maximum Gasteiger partial charge on any atom is -0.00547 e. The third-order valence-corrected chi connectivity index (χ3v) is 8.67. The van der Waals surface area contributed by atoms with E-state index in [1.54, 1.807) is 0 Å². The molecule has 0 fully saturated rings. The minimum absolute atomic E-state index is 0.578. The Balaban J connectivity index is 1.69. The average Bonchev–Trinajstić information content (AvgIpc) is 3.26. The zero-order valence-electron chi connectivity index (χ0n) is 21.7. The lowest BCUT2D eigenvalue weighted by atomic mass is 9.71. The highest BCUT2D eigenvalue weighted by atomic mass is 14.3. The van der Waals surface area contributed by atoms with Gasteiger partial charge in [-0.3, -0.25) is 0 Å². The molecule has 0 saturated carbocycles. The molecule has 0 aromatic heterocycles. The van der Waals surface area contributed by atoms with Gasteiger partial charge in [-0.2, -0.15) is 0 Å². The topological polar surface area (TPSA) is 0 Å². The summed E-state index contributed by atoms with van der Waals surface area (Å²) in [6, 6.07) is 16.2. The first-order valence-electron chi connectivity index (χ1n) is 12.8. The molecule has 0 saturated heterocycles. The van der Waals surface area contributed by atoms with Crippen molar-refractivity contribution in [1.29, 1.82) is 0 Å². The van der Waals surface area contributed by atoms with Gasteiger partial charge in [0.25, 0.3) is 0 Å². The van der Waals surface area contributed by atoms with E-state index in [0.717, 1.165) is 30.6 Å². The van der Waals surface area contributed by atoms with Crippen LogP contribution in [0.1, 0.15) is 88.1 Å². The minimum atomic E-state index is 0.578. The second-order valence-corrected chi connectivity index (χ2v) is 10.7. The van der Waals surface area contributed by atoms with Crippen molar-refractivity contribution in [2.75, 3.05) is 0 Å². The summed E-state index contributed by atoms with van der Waals surface area (Å²) in [4.78, 5) is 0. The number of hydrogen-bond acceptors (Lipinski definition) is 0. The van der Waals surface area contributed by atoms with E-state index in [0.29, 0.717) is 11.8 Å². The molecule has 3 rings (SSSR count). The standard InChI is InChI=1S/C32H44/c1-9-22(3)24(5)25(6)26(7)27(8)30-16-12-23(4)32(20-30)19-28-13-17-31(18-28)29-14-10-21(2)11-15-29/h10-17,20,22,24-27H,9,18-19H2,1-8H3/t22-,24-,25?,26-,27?/m1/s1. The molecule has 0 N–H and O–H groups in total. The first-order valence-corrected chi connectivity index (χ1v) is 12.8. The highest BCUT2D eigenvalue weighted by molar-refractivity contribution is 5.72. The van der Waals surface area contributed by atoms with Crippen LogP contribution in [-0.2, 0) is 6.42 Å². The summed E-state index contributed by atoms with van der Waals surface area (Å²) in [5, 5.41) is 0. The smallest absolute Gasteiger partial charge is 0.00547 e. The summed E-state index contributed by atoms with van der Waals surface area (Å²) in [7, 11) is 0. The van der Waals surface area contributed by atoms with Gasteiger partial charge >= 0.3 is 0 Å². The first-order chi connectivity index (χ1) is 15.2. The largest absolute Gasteiger partial charge is 0.0651 e. The van der Waals surface area contributed by atoms with Crippen molar-refractivity contribution in [3.05, 3.63) is 88.0 Å². The summed E-state index contributed by atoms with van der Waals surface area (Å²) in [6.45, 7) is 19.0. The molecule has 0 amide bonds. The van der Waals surface area contributed by atoms with Gasteiger partial charge in [0.05, 0.1) is 0 Å². The third kappa shape index (κ3) is 5.64. The van der Waals surface area contributed by atoms with Gasteiger partial charge in [0.1, 0.15) is 0 Å². The van der Waals surface area contributed by atoms with Crippen LogP contribution in [0.5, 0.6) is 0 Å². The normalized spacial score (nSPS) is 18.5. The molecule has 0 heterocycles. The molecule has 0 heteroatoms. The number of aryl methyl sites for hydroxylation is 2. The van der Waals surface area contributed by atoms with Crippen LogP contribution < -0.4 is 0 Å². The van der Waals surface area contributed by atoms with Crippen LogP contribution in [0, 0.1) is 37.5 Å². The molecule has 1 aliphatic rings. The van der Waals surface area contributed by atoms with Crippen molar-refractivity contribution in [3.63, 3.8) is 0 Å². The Hall–Kier alpha value is -2.08. The van der Waals surface area contributed by atoms with Crippen LogP contribution >= 0.6 is 0 Å². The van der Waals surface area contributed by atoms with Crippen LogP contribution in [0.4, 0.5) is 0 Å². The van der Waals surface area contributed by atoms with E-state index in [4.69, 9.17) is 0 Å². The fraction of sp³-hybridized carbons (Fsp3) is 0.500. The van der Waals surface area contributed by atoms with E-state index in [9.17, 15) is 0 Å². The van der Waals surface area contributed by atoms with Crippen LogP contribution in [-0.4, -0.2) is 0 Å². The van der Waals surface area contributed by atoms with Crippen molar-refractivity contribution < 1.29 is 0 Å². The Kier molecular flexibility index (Phi) is 8.21. The van der Waals surface area contributed by atoms with Gasteiger partial charge in [0.2, 0.25) is 0 Å². The van der Waals surface area contributed by atoms with Crippen LogP contribution in [0.2, 0.25) is 0 Å². The fourth-order valence-corrected chi connectivity index (χ4v) is 5.21. The van der Waals surface area contributed by atoms with Gasteiger partial charge in [0.15, 0.2) is 0 Å². The van der Waals surface area contributed by atoms with Gasteiger partial charge in [-0.25, -0.2) is 0 Å². The van der Waals surface area contributed by atoms with E-state index < -0.39 is 0 Å². The highest BCUT2D eigenvalue weighted by Gasteiger charge is 2.27. The fourth-order valence-electron chi connectivity index (χ4n) is 5.21. The Morgan fingerprint density at radius 2 is 1.47 bits per heavy atom. The third-order valence-electron chi connectivity index (χ3n) is 8.67. The lowest BCUT2D eigenvalue weighted by Crippen LogP contribution is -2.25. The Labute approximate surface area is 197 Å². The number of rotatable bonds is 9. The molecular weight excluding hydrogens is 384 g/mol. The summed E-state index contributed by atoms with van der Waals surface area (Å²) < 4.78 is 0. The zero-order chi connectivity index (χ0) is 23.4. The van der Waals surface area contributed by atoms with E-state index >= 15 is 0 Å². The first kappa shape index (κ1) is 24.6. The second kappa shape index (κ2) is 10.7. The lowest BCUT2D eigenvalue weighted by molar-refractivity contribution is 0.191. The maximum absolute atomic E-state index is 2.50. The highest BCUT2D eigenvalue weighted by Crippen LogP contribution is 2.38.